The van der Waals surface area contributed by atoms with Crippen molar-refractivity contribution in [2.75, 3.05) is 5.32 Å². The van der Waals surface area contributed by atoms with Gasteiger partial charge in [0, 0.05) is 11.6 Å². The Bertz CT molecular complexity index is 534. The first-order valence-corrected chi connectivity index (χ1v) is 4.36. The van der Waals surface area contributed by atoms with Gasteiger partial charge < -0.3 is 10.1 Å². The highest BCUT2D eigenvalue weighted by Crippen LogP contribution is 2.38. The number of pyridine rings is 1. The zero-order chi connectivity index (χ0) is 9.54. The molecule has 68 valence electrons. The molecular weight excluding hydrogens is 176 g/mol. The number of fused-ring (bicyclic) bond motifs is 3. The number of anilines is 1. The maximum Gasteiger partial charge on any atom is 0.190 e. The summed E-state index contributed by atoms with van der Waals surface area (Å²) in [6.07, 6.45) is 1.76. The molecule has 2 heterocycles. The number of hydrogen-bond donors (Lipinski definition) is 1. The smallest absolute Gasteiger partial charge is 0.190 e. The molecule has 0 saturated carbocycles. The molecule has 1 aliphatic rings. The molecule has 0 unspecified atom stereocenters. The summed E-state index contributed by atoms with van der Waals surface area (Å²) in [6.45, 7) is 3.71. The Kier molecular flexibility index (Phi) is 1.31. The molecule has 0 spiro atoms. The van der Waals surface area contributed by atoms with Gasteiger partial charge in [-0.15, -0.1) is 0 Å². The Labute approximate surface area is 81.0 Å². The molecule has 0 saturated heterocycles. The minimum Gasteiger partial charge on any atom is -0.437 e. The van der Waals surface area contributed by atoms with E-state index in [1.54, 1.807) is 6.20 Å². The van der Waals surface area contributed by atoms with Crippen molar-refractivity contribution < 1.29 is 4.74 Å². The lowest BCUT2D eigenvalue weighted by Crippen LogP contribution is -1.92. The molecule has 0 aliphatic carbocycles. The summed E-state index contributed by atoms with van der Waals surface area (Å²) in [5.41, 5.74) is 1.80. The molecule has 1 aromatic heterocycles. The Hall–Kier alpha value is -2.03. The molecule has 0 amide bonds. The zero-order valence-corrected chi connectivity index (χ0v) is 7.45. The molecule has 3 rings (SSSR count). The van der Waals surface area contributed by atoms with Crippen molar-refractivity contribution in [1.82, 2.24) is 4.98 Å². The molecule has 0 radical (unpaired) electrons. The fourth-order valence-corrected chi connectivity index (χ4v) is 1.62. The van der Waals surface area contributed by atoms with Crippen molar-refractivity contribution in [1.29, 1.82) is 0 Å². The normalized spacial score (nSPS) is 13.6. The number of ether oxygens (including phenoxy) is 1. The van der Waals surface area contributed by atoms with Crippen molar-refractivity contribution in [2.45, 2.75) is 0 Å². The largest absolute Gasteiger partial charge is 0.437 e. The first-order valence-electron chi connectivity index (χ1n) is 4.36. The van der Waals surface area contributed by atoms with Gasteiger partial charge in [0.05, 0.1) is 5.69 Å². The third-order valence-corrected chi connectivity index (χ3v) is 2.23. The molecule has 3 nitrogen and oxygen atoms in total. The number of nitrogens with one attached hydrogen (secondary N) is 1. The van der Waals surface area contributed by atoms with Crippen LogP contribution >= 0.6 is 0 Å². The van der Waals surface area contributed by atoms with Gasteiger partial charge in [-0.1, -0.05) is 12.1 Å². The van der Waals surface area contributed by atoms with E-state index in [0.29, 0.717) is 5.88 Å². The quantitative estimate of drug-likeness (QED) is 0.683. The number of nitrogens with zero attached hydrogens (tertiary/aromatic N) is 1. The summed E-state index contributed by atoms with van der Waals surface area (Å²) < 4.78 is 5.45. The standard InChI is InChI=1S/C11H8N2O/c1-7-13-9-5-4-8-3-2-6-12-10(8)11(9)14-7/h2-6,13H,1H2. The van der Waals surface area contributed by atoms with Crippen LogP contribution in [0.25, 0.3) is 10.9 Å². The van der Waals surface area contributed by atoms with E-state index in [2.05, 4.69) is 16.9 Å². The van der Waals surface area contributed by atoms with E-state index in [0.717, 1.165) is 22.3 Å². The molecule has 0 fully saturated rings. The maximum atomic E-state index is 5.45. The zero-order valence-electron chi connectivity index (χ0n) is 7.45. The lowest BCUT2D eigenvalue weighted by Gasteiger charge is -2.00. The lowest BCUT2D eigenvalue weighted by atomic mass is 10.2. The summed E-state index contributed by atoms with van der Waals surface area (Å²) in [6, 6.07) is 7.90. The van der Waals surface area contributed by atoms with E-state index < -0.39 is 0 Å². The average molecular weight is 184 g/mol. The molecule has 0 atom stereocenters. The number of hydrogen-bond acceptors (Lipinski definition) is 3. The third kappa shape index (κ3) is 0.893. The van der Waals surface area contributed by atoms with Gasteiger partial charge >= 0.3 is 0 Å². The van der Waals surface area contributed by atoms with Gasteiger partial charge in [0.1, 0.15) is 5.52 Å². The van der Waals surface area contributed by atoms with Crippen molar-refractivity contribution in [2.24, 2.45) is 0 Å². The minimum atomic E-state index is 0.554. The first kappa shape index (κ1) is 7.38. The van der Waals surface area contributed by atoms with Crippen LogP contribution in [0.4, 0.5) is 5.69 Å². The van der Waals surface area contributed by atoms with Gasteiger partial charge in [-0.2, -0.15) is 0 Å². The molecule has 1 N–H and O–H groups in total. The first-order chi connectivity index (χ1) is 6.84. The van der Waals surface area contributed by atoms with Gasteiger partial charge in [0.2, 0.25) is 0 Å². The highest BCUT2D eigenvalue weighted by Gasteiger charge is 2.18. The highest BCUT2D eigenvalue weighted by atomic mass is 16.5. The number of rotatable bonds is 0. The Morgan fingerprint density at radius 1 is 1.29 bits per heavy atom. The van der Waals surface area contributed by atoms with Gasteiger partial charge in [-0.3, -0.25) is 4.98 Å². The molecule has 1 aliphatic heterocycles. The van der Waals surface area contributed by atoms with E-state index in [9.17, 15) is 0 Å². The van der Waals surface area contributed by atoms with E-state index in [1.165, 1.54) is 0 Å². The SMILES string of the molecule is C=C1Nc2ccc3cccnc3c2O1. The third-order valence-electron chi connectivity index (χ3n) is 2.23. The predicted molar refractivity (Wildman–Crippen MR) is 55.1 cm³/mol. The van der Waals surface area contributed by atoms with Crippen LogP contribution in [0.15, 0.2) is 42.9 Å². The predicted octanol–water partition coefficient (Wildman–Crippen LogP) is 2.51. The Balaban J connectivity index is 2.39. The number of benzene rings is 1. The van der Waals surface area contributed by atoms with Crippen molar-refractivity contribution in [3.8, 4) is 5.75 Å². The van der Waals surface area contributed by atoms with Crippen molar-refractivity contribution >= 4 is 16.6 Å². The monoisotopic (exact) mass is 184 g/mol. The van der Waals surface area contributed by atoms with Crippen molar-refractivity contribution in [3.63, 3.8) is 0 Å². The fraction of sp³-hybridized carbons (Fsp3) is 0. The van der Waals surface area contributed by atoms with E-state index in [4.69, 9.17) is 4.74 Å². The highest BCUT2D eigenvalue weighted by molar-refractivity contribution is 5.91. The Morgan fingerprint density at radius 2 is 2.21 bits per heavy atom. The summed E-state index contributed by atoms with van der Waals surface area (Å²) in [4.78, 5) is 4.28. The molecule has 14 heavy (non-hydrogen) atoms. The Morgan fingerprint density at radius 3 is 3.14 bits per heavy atom. The van der Waals surface area contributed by atoms with Crippen LogP contribution in [0.3, 0.4) is 0 Å². The fourth-order valence-electron chi connectivity index (χ4n) is 1.62. The van der Waals surface area contributed by atoms with E-state index in [1.807, 2.05) is 24.3 Å². The van der Waals surface area contributed by atoms with Crippen LogP contribution in [-0.4, -0.2) is 4.98 Å². The van der Waals surface area contributed by atoms with Crippen LogP contribution in [0.5, 0.6) is 5.75 Å². The van der Waals surface area contributed by atoms with Crippen LogP contribution < -0.4 is 10.1 Å². The molecule has 3 heteroatoms. The van der Waals surface area contributed by atoms with Gasteiger partial charge in [0.15, 0.2) is 11.6 Å². The summed E-state index contributed by atoms with van der Waals surface area (Å²) in [5, 5.41) is 4.10. The lowest BCUT2D eigenvalue weighted by molar-refractivity contribution is 0.463. The maximum absolute atomic E-state index is 5.45. The molecular formula is C11H8N2O. The topological polar surface area (TPSA) is 34.2 Å². The van der Waals surface area contributed by atoms with E-state index >= 15 is 0 Å². The second-order valence-electron chi connectivity index (χ2n) is 3.17. The molecule has 0 bridgehead atoms. The summed E-state index contributed by atoms with van der Waals surface area (Å²) >= 11 is 0. The van der Waals surface area contributed by atoms with Crippen LogP contribution in [0.1, 0.15) is 0 Å². The molecule has 2 aromatic rings. The van der Waals surface area contributed by atoms with Crippen molar-refractivity contribution in [3.05, 3.63) is 42.9 Å². The van der Waals surface area contributed by atoms with Crippen LogP contribution in [0.2, 0.25) is 0 Å². The molecule has 1 aromatic carbocycles. The van der Waals surface area contributed by atoms with Gasteiger partial charge in [-0.25, -0.2) is 0 Å². The summed E-state index contributed by atoms with van der Waals surface area (Å²) in [7, 11) is 0. The van der Waals surface area contributed by atoms with Gasteiger partial charge in [0.25, 0.3) is 0 Å². The van der Waals surface area contributed by atoms with Crippen LogP contribution in [-0.2, 0) is 0 Å². The van der Waals surface area contributed by atoms with Crippen LogP contribution in [0, 0.1) is 0 Å². The second kappa shape index (κ2) is 2.48. The minimum absolute atomic E-state index is 0.554. The van der Waals surface area contributed by atoms with Gasteiger partial charge in [-0.05, 0) is 18.7 Å². The van der Waals surface area contributed by atoms with E-state index in [-0.39, 0.29) is 0 Å². The average Bonchev–Trinajstić information content (AvgIpc) is 2.59. The number of aromatic nitrogens is 1. The summed E-state index contributed by atoms with van der Waals surface area (Å²) in [5.74, 6) is 1.33. The second-order valence-corrected chi connectivity index (χ2v) is 3.17.